The average molecular weight is 349 g/mol. The normalized spacial score (nSPS) is 10.4. The fraction of sp³-hybridized carbons (Fsp3) is 0.0800. The Morgan fingerprint density at radius 2 is 1.59 bits per heavy atom. The molecule has 0 fully saturated rings. The molecule has 0 amide bonds. The predicted molar refractivity (Wildman–Crippen MR) is 110 cm³/mol. The summed E-state index contributed by atoms with van der Waals surface area (Å²) in [6.45, 7) is 1.99. The van der Waals surface area contributed by atoms with Gasteiger partial charge >= 0.3 is 0 Å². The Morgan fingerprint density at radius 3 is 2.44 bits per heavy atom. The van der Waals surface area contributed by atoms with E-state index in [2.05, 4.69) is 41.1 Å². The molecule has 3 aromatic carbocycles. The lowest BCUT2D eigenvalue weighted by molar-refractivity contribution is 0.282. The van der Waals surface area contributed by atoms with E-state index in [1.165, 1.54) is 0 Å². The minimum atomic E-state index is 0.0213. The molecule has 2 nitrogen and oxygen atoms in total. The molecular weight excluding hydrogens is 330 g/mol. The fourth-order valence-electron chi connectivity index (χ4n) is 3.34. The molecule has 1 N–H and O–H groups in total. The van der Waals surface area contributed by atoms with Gasteiger partial charge in [-0.2, -0.15) is 0 Å². The molecule has 0 aliphatic heterocycles. The SMILES string of the molecule is Cc1cc(C#Cc2cccc3c(-c4ccccc4CO)cccc23)ccn1. The zero-order valence-corrected chi connectivity index (χ0v) is 15.1. The van der Waals surface area contributed by atoms with E-state index in [1.807, 2.05) is 55.5 Å². The number of hydrogen-bond donors (Lipinski definition) is 1. The van der Waals surface area contributed by atoms with Crippen LogP contribution in [0.5, 0.6) is 0 Å². The molecule has 0 unspecified atom stereocenters. The molecule has 0 radical (unpaired) electrons. The lowest BCUT2D eigenvalue weighted by atomic mass is 9.93. The van der Waals surface area contributed by atoms with Crippen molar-refractivity contribution in [2.24, 2.45) is 0 Å². The molecule has 0 saturated heterocycles. The van der Waals surface area contributed by atoms with Crippen molar-refractivity contribution in [2.45, 2.75) is 13.5 Å². The number of fused-ring (bicyclic) bond motifs is 1. The van der Waals surface area contributed by atoms with Crippen molar-refractivity contribution in [2.75, 3.05) is 0 Å². The van der Waals surface area contributed by atoms with Crippen molar-refractivity contribution in [1.29, 1.82) is 0 Å². The minimum Gasteiger partial charge on any atom is -0.392 e. The van der Waals surface area contributed by atoms with Crippen molar-refractivity contribution in [1.82, 2.24) is 4.98 Å². The van der Waals surface area contributed by atoms with Crippen LogP contribution in [0.4, 0.5) is 0 Å². The highest BCUT2D eigenvalue weighted by Gasteiger charge is 2.09. The van der Waals surface area contributed by atoms with Crippen LogP contribution in [0, 0.1) is 18.8 Å². The van der Waals surface area contributed by atoms with E-state index < -0.39 is 0 Å². The van der Waals surface area contributed by atoms with Gasteiger partial charge in [-0.25, -0.2) is 0 Å². The Bertz CT molecular complexity index is 1180. The van der Waals surface area contributed by atoms with Crippen molar-refractivity contribution in [3.63, 3.8) is 0 Å². The van der Waals surface area contributed by atoms with Gasteiger partial charge in [-0.3, -0.25) is 4.98 Å². The van der Waals surface area contributed by atoms with E-state index in [0.717, 1.165) is 44.3 Å². The lowest BCUT2D eigenvalue weighted by Crippen LogP contribution is -1.91. The molecule has 1 aromatic heterocycles. The number of nitrogens with zero attached hydrogens (tertiary/aromatic N) is 1. The maximum atomic E-state index is 9.71. The highest BCUT2D eigenvalue weighted by molar-refractivity contribution is 6.00. The summed E-state index contributed by atoms with van der Waals surface area (Å²) in [5.41, 5.74) is 6.00. The molecule has 4 rings (SSSR count). The van der Waals surface area contributed by atoms with Crippen LogP contribution in [0.25, 0.3) is 21.9 Å². The number of aryl methyl sites for hydroxylation is 1. The van der Waals surface area contributed by atoms with Crippen LogP contribution in [0.15, 0.2) is 79.0 Å². The van der Waals surface area contributed by atoms with Gasteiger partial charge in [0.2, 0.25) is 0 Å². The van der Waals surface area contributed by atoms with Crippen LogP contribution in [0.2, 0.25) is 0 Å². The second-order valence-corrected chi connectivity index (χ2v) is 6.46. The molecule has 0 saturated carbocycles. The van der Waals surface area contributed by atoms with Crippen molar-refractivity contribution in [3.05, 3.63) is 101 Å². The highest BCUT2D eigenvalue weighted by atomic mass is 16.3. The summed E-state index contributed by atoms with van der Waals surface area (Å²) in [5.74, 6) is 6.56. The maximum Gasteiger partial charge on any atom is 0.0687 e. The summed E-state index contributed by atoms with van der Waals surface area (Å²) in [6.07, 6.45) is 1.78. The minimum absolute atomic E-state index is 0.0213. The van der Waals surface area contributed by atoms with E-state index in [-0.39, 0.29) is 6.61 Å². The first kappa shape index (κ1) is 17.0. The van der Waals surface area contributed by atoms with E-state index >= 15 is 0 Å². The molecule has 0 atom stereocenters. The molecule has 2 heteroatoms. The van der Waals surface area contributed by atoms with E-state index in [0.29, 0.717) is 0 Å². The second kappa shape index (κ2) is 7.45. The van der Waals surface area contributed by atoms with Crippen LogP contribution >= 0.6 is 0 Å². The molecule has 27 heavy (non-hydrogen) atoms. The third-order valence-corrected chi connectivity index (χ3v) is 4.64. The third-order valence-electron chi connectivity index (χ3n) is 4.64. The van der Waals surface area contributed by atoms with Crippen molar-refractivity contribution >= 4 is 10.8 Å². The van der Waals surface area contributed by atoms with Gasteiger partial charge < -0.3 is 5.11 Å². The number of aliphatic hydroxyl groups is 1. The van der Waals surface area contributed by atoms with Crippen LogP contribution < -0.4 is 0 Å². The van der Waals surface area contributed by atoms with Crippen LogP contribution in [0.1, 0.15) is 22.4 Å². The van der Waals surface area contributed by atoms with Gasteiger partial charge in [-0.05, 0) is 52.6 Å². The number of aliphatic hydroxyl groups excluding tert-OH is 1. The number of aromatic nitrogens is 1. The van der Waals surface area contributed by atoms with E-state index in [4.69, 9.17) is 0 Å². The Balaban J connectivity index is 1.87. The van der Waals surface area contributed by atoms with Gasteiger partial charge in [0.1, 0.15) is 0 Å². The molecule has 1 heterocycles. The molecular formula is C25H19NO. The van der Waals surface area contributed by atoms with Gasteiger partial charge in [0.05, 0.1) is 6.61 Å². The fourth-order valence-corrected chi connectivity index (χ4v) is 3.34. The summed E-state index contributed by atoms with van der Waals surface area (Å²) < 4.78 is 0. The van der Waals surface area contributed by atoms with Crippen LogP contribution in [-0.4, -0.2) is 10.1 Å². The first-order valence-corrected chi connectivity index (χ1v) is 8.92. The Hall–Kier alpha value is -3.41. The summed E-state index contributed by atoms with van der Waals surface area (Å²) in [7, 11) is 0. The first-order chi connectivity index (χ1) is 13.3. The van der Waals surface area contributed by atoms with E-state index in [9.17, 15) is 5.11 Å². The zero-order valence-electron chi connectivity index (χ0n) is 15.1. The molecule has 130 valence electrons. The summed E-state index contributed by atoms with van der Waals surface area (Å²) in [5, 5.41) is 12.0. The lowest BCUT2D eigenvalue weighted by Gasteiger charge is -2.11. The number of rotatable bonds is 2. The molecule has 0 bridgehead atoms. The van der Waals surface area contributed by atoms with Gasteiger partial charge in [0, 0.05) is 23.0 Å². The number of pyridine rings is 1. The monoisotopic (exact) mass is 349 g/mol. The molecule has 4 aromatic rings. The molecule has 0 spiro atoms. The van der Waals surface area contributed by atoms with Gasteiger partial charge in [-0.15, -0.1) is 0 Å². The summed E-state index contributed by atoms with van der Waals surface area (Å²) in [6, 6.07) is 24.3. The quantitative estimate of drug-likeness (QED) is 0.511. The third kappa shape index (κ3) is 3.46. The summed E-state index contributed by atoms with van der Waals surface area (Å²) in [4.78, 5) is 4.22. The summed E-state index contributed by atoms with van der Waals surface area (Å²) >= 11 is 0. The second-order valence-electron chi connectivity index (χ2n) is 6.46. The predicted octanol–water partition coefficient (Wildman–Crippen LogP) is 5.10. The van der Waals surface area contributed by atoms with Crippen LogP contribution in [0.3, 0.4) is 0 Å². The van der Waals surface area contributed by atoms with Gasteiger partial charge in [0.25, 0.3) is 0 Å². The maximum absolute atomic E-state index is 9.71. The first-order valence-electron chi connectivity index (χ1n) is 8.92. The number of hydrogen-bond acceptors (Lipinski definition) is 2. The Morgan fingerprint density at radius 1 is 0.815 bits per heavy atom. The topological polar surface area (TPSA) is 33.1 Å². The molecule has 0 aliphatic rings. The average Bonchev–Trinajstić information content (AvgIpc) is 2.72. The van der Waals surface area contributed by atoms with Crippen molar-refractivity contribution in [3.8, 4) is 23.0 Å². The number of benzene rings is 3. The molecule has 0 aliphatic carbocycles. The van der Waals surface area contributed by atoms with E-state index in [1.54, 1.807) is 6.20 Å². The van der Waals surface area contributed by atoms with Crippen molar-refractivity contribution < 1.29 is 5.11 Å². The van der Waals surface area contributed by atoms with Gasteiger partial charge in [-0.1, -0.05) is 66.4 Å². The standard InChI is InChI=1S/C25H19NO/c1-18-16-19(14-15-26-18)12-13-20-7-4-10-24-22(20)9-5-11-25(24)23-8-3-2-6-21(23)17-27/h2-11,14-16,27H,17H2,1H3. The Kier molecular flexibility index (Phi) is 4.70. The Labute approximate surface area is 159 Å². The van der Waals surface area contributed by atoms with Gasteiger partial charge in [0.15, 0.2) is 0 Å². The van der Waals surface area contributed by atoms with Crippen LogP contribution in [-0.2, 0) is 6.61 Å². The smallest absolute Gasteiger partial charge is 0.0687 e. The largest absolute Gasteiger partial charge is 0.392 e. The zero-order chi connectivity index (χ0) is 18.6. The highest BCUT2D eigenvalue weighted by Crippen LogP contribution is 2.32.